The highest BCUT2D eigenvalue weighted by molar-refractivity contribution is 6.18. The van der Waals surface area contributed by atoms with Gasteiger partial charge in [0.2, 0.25) is 11.8 Å². The van der Waals surface area contributed by atoms with Crippen molar-refractivity contribution in [2.45, 2.75) is 26.4 Å². The summed E-state index contributed by atoms with van der Waals surface area (Å²) >= 11 is 5.68. The predicted octanol–water partition coefficient (Wildman–Crippen LogP) is 3.76. The fraction of sp³-hybridized carbons (Fsp3) is 0.333. The zero-order valence-electron chi connectivity index (χ0n) is 15.6. The minimum absolute atomic E-state index is 0.0196. The molecule has 1 aromatic heterocycles. The molecule has 0 N–H and O–H groups in total. The van der Waals surface area contributed by atoms with Crippen LogP contribution in [0.25, 0.3) is 0 Å². The predicted molar refractivity (Wildman–Crippen MR) is 106 cm³/mol. The first kappa shape index (κ1) is 20.8. The molecule has 0 radical (unpaired) electrons. The van der Waals surface area contributed by atoms with E-state index in [1.165, 1.54) is 4.90 Å². The van der Waals surface area contributed by atoms with E-state index in [0.29, 0.717) is 25.4 Å². The van der Waals surface area contributed by atoms with Gasteiger partial charge in [-0.2, -0.15) is 0 Å². The van der Waals surface area contributed by atoms with Crippen molar-refractivity contribution in [3.05, 3.63) is 72.2 Å². The average molecular weight is 389 g/mol. The Morgan fingerprint density at radius 1 is 1.07 bits per heavy atom. The van der Waals surface area contributed by atoms with Crippen LogP contribution in [0.15, 0.2) is 59.5 Å². The Morgan fingerprint density at radius 2 is 1.81 bits per heavy atom. The molecule has 27 heavy (non-hydrogen) atoms. The molecule has 2 amide bonds. The van der Waals surface area contributed by atoms with E-state index >= 15 is 0 Å². The van der Waals surface area contributed by atoms with E-state index in [0.717, 1.165) is 11.3 Å². The summed E-state index contributed by atoms with van der Waals surface area (Å²) < 4.78 is 5.63. The second-order valence-corrected chi connectivity index (χ2v) is 6.63. The highest BCUT2D eigenvalue weighted by Gasteiger charge is 2.21. The number of benzene rings is 1. The highest BCUT2D eigenvalue weighted by atomic mass is 35.5. The highest BCUT2D eigenvalue weighted by Crippen LogP contribution is 2.14. The second-order valence-electron chi connectivity index (χ2n) is 6.25. The number of carbonyl (C=O) groups is 2. The van der Waals surface area contributed by atoms with Crippen LogP contribution < -0.4 is 0 Å². The number of amides is 2. The van der Waals surface area contributed by atoms with Crippen LogP contribution in [0.3, 0.4) is 0 Å². The van der Waals surface area contributed by atoms with Gasteiger partial charge in [-0.3, -0.25) is 9.59 Å². The molecule has 0 spiro atoms. The summed E-state index contributed by atoms with van der Waals surface area (Å²) in [5.74, 6) is 1.41. The lowest BCUT2D eigenvalue weighted by atomic mass is 10.2. The van der Waals surface area contributed by atoms with Crippen molar-refractivity contribution in [2.24, 2.45) is 0 Å². The summed E-state index contributed by atoms with van der Waals surface area (Å²) in [7, 11) is 0. The number of rotatable bonds is 10. The van der Waals surface area contributed by atoms with Crippen molar-refractivity contribution < 1.29 is 14.0 Å². The van der Waals surface area contributed by atoms with Crippen LogP contribution in [0.4, 0.5) is 0 Å². The van der Waals surface area contributed by atoms with Gasteiger partial charge in [0.05, 0.1) is 6.54 Å². The van der Waals surface area contributed by atoms with E-state index in [9.17, 15) is 9.59 Å². The van der Waals surface area contributed by atoms with Gasteiger partial charge < -0.3 is 14.2 Å². The standard InChI is InChI=1S/C21H25ClN2O3/c1-3-13-23(20(25)11-12-22)16-21(26)24(14-18-7-5-4-6-8-18)15-19-10-9-17(2)27-19/h3-10H,1,11-16H2,2H3. The van der Waals surface area contributed by atoms with Gasteiger partial charge in [-0.25, -0.2) is 0 Å². The first-order chi connectivity index (χ1) is 13.0. The quantitative estimate of drug-likeness (QED) is 0.460. The van der Waals surface area contributed by atoms with Gasteiger partial charge in [0.25, 0.3) is 0 Å². The molecule has 0 fully saturated rings. The molecule has 0 saturated heterocycles. The summed E-state index contributed by atoms with van der Waals surface area (Å²) in [5, 5.41) is 0. The lowest BCUT2D eigenvalue weighted by Crippen LogP contribution is -2.42. The number of nitrogens with zero attached hydrogens (tertiary/aromatic N) is 2. The molecule has 6 heteroatoms. The zero-order chi connectivity index (χ0) is 19.6. The summed E-state index contributed by atoms with van der Waals surface area (Å²) in [6.45, 7) is 6.59. The summed E-state index contributed by atoms with van der Waals surface area (Å²) in [6, 6.07) is 13.5. The van der Waals surface area contributed by atoms with E-state index in [2.05, 4.69) is 6.58 Å². The smallest absolute Gasteiger partial charge is 0.242 e. The molecule has 2 rings (SSSR count). The van der Waals surface area contributed by atoms with Crippen LogP contribution in [-0.2, 0) is 22.7 Å². The number of hydrogen-bond acceptors (Lipinski definition) is 3. The van der Waals surface area contributed by atoms with Crippen LogP contribution >= 0.6 is 11.6 Å². The Balaban J connectivity index is 2.15. The first-order valence-corrected chi connectivity index (χ1v) is 9.38. The third kappa shape index (κ3) is 6.61. The SMILES string of the molecule is C=CCN(CC(=O)N(Cc1ccccc1)Cc1ccc(C)o1)C(=O)CCCl. The van der Waals surface area contributed by atoms with Gasteiger partial charge >= 0.3 is 0 Å². The van der Waals surface area contributed by atoms with E-state index < -0.39 is 0 Å². The normalized spacial score (nSPS) is 10.4. The minimum atomic E-state index is -0.160. The monoisotopic (exact) mass is 388 g/mol. The Bertz CT molecular complexity index is 758. The van der Waals surface area contributed by atoms with Gasteiger partial charge in [0, 0.05) is 25.4 Å². The molecule has 1 heterocycles. The maximum absolute atomic E-state index is 13.0. The zero-order valence-corrected chi connectivity index (χ0v) is 16.3. The van der Waals surface area contributed by atoms with Crippen LogP contribution in [0, 0.1) is 6.92 Å². The van der Waals surface area contributed by atoms with Crippen molar-refractivity contribution in [1.29, 1.82) is 0 Å². The first-order valence-electron chi connectivity index (χ1n) is 8.85. The van der Waals surface area contributed by atoms with E-state index in [-0.39, 0.29) is 30.7 Å². The van der Waals surface area contributed by atoms with E-state index in [1.54, 1.807) is 11.0 Å². The van der Waals surface area contributed by atoms with Gasteiger partial charge in [0.15, 0.2) is 0 Å². The van der Waals surface area contributed by atoms with Gasteiger partial charge in [-0.1, -0.05) is 36.4 Å². The molecule has 5 nitrogen and oxygen atoms in total. The number of furan rings is 1. The maximum Gasteiger partial charge on any atom is 0.242 e. The molecule has 0 unspecified atom stereocenters. The molecule has 0 aliphatic rings. The fourth-order valence-electron chi connectivity index (χ4n) is 2.71. The summed E-state index contributed by atoms with van der Waals surface area (Å²) in [6.07, 6.45) is 1.80. The largest absolute Gasteiger partial charge is 0.464 e. The third-order valence-corrected chi connectivity index (χ3v) is 4.24. The number of halogens is 1. The van der Waals surface area contributed by atoms with E-state index in [4.69, 9.17) is 16.0 Å². The van der Waals surface area contributed by atoms with Crippen molar-refractivity contribution in [1.82, 2.24) is 9.80 Å². The molecule has 0 bridgehead atoms. The number of carbonyl (C=O) groups excluding carboxylic acids is 2. The van der Waals surface area contributed by atoms with Gasteiger partial charge in [0.1, 0.15) is 18.1 Å². The van der Waals surface area contributed by atoms with Crippen molar-refractivity contribution in [3.8, 4) is 0 Å². The van der Waals surface area contributed by atoms with Crippen molar-refractivity contribution in [3.63, 3.8) is 0 Å². The lowest BCUT2D eigenvalue weighted by molar-refractivity contribution is -0.140. The lowest BCUT2D eigenvalue weighted by Gasteiger charge is -2.26. The number of alkyl halides is 1. The summed E-state index contributed by atoms with van der Waals surface area (Å²) in [4.78, 5) is 28.4. The fourth-order valence-corrected chi connectivity index (χ4v) is 2.87. The molecule has 0 saturated carbocycles. The molecular weight excluding hydrogens is 364 g/mol. The van der Waals surface area contributed by atoms with Gasteiger partial charge in [-0.05, 0) is 24.6 Å². The van der Waals surface area contributed by atoms with Crippen molar-refractivity contribution in [2.75, 3.05) is 19.0 Å². The molecule has 144 valence electrons. The third-order valence-electron chi connectivity index (χ3n) is 4.05. The van der Waals surface area contributed by atoms with Crippen molar-refractivity contribution >= 4 is 23.4 Å². The molecule has 1 aromatic carbocycles. The Kier molecular flexibility index (Phi) is 8.14. The van der Waals surface area contributed by atoms with Crippen LogP contribution in [0.5, 0.6) is 0 Å². The van der Waals surface area contributed by atoms with Crippen LogP contribution in [0.1, 0.15) is 23.5 Å². The number of aryl methyl sites for hydroxylation is 1. The maximum atomic E-state index is 13.0. The van der Waals surface area contributed by atoms with Crippen LogP contribution in [-0.4, -0.2) is 40.6 Å². The van der Waals surface area contributed by atoms with Gasteiger partial charge in [-0.15, -0.1) is 18.2 Å². The molecule has 2 aromatic rings. The van der Waals surface area contributed by atoms with E-state index in [1.807, 2.05) is 49.4 Å². The molecular formula is C21H25ClN2O3. The van der Waals surface area contributed by atoms with Crippen LogP contribution in [0.2, 0.25) is 0 Å². The topological polar surface area (TPSA) is 53.8 Å². The minimum Gasteiger partial charge on any atom is -0.464 e. The average Bonchev–Trinajstić information content (AvgIpc) is 3.06. The Morgan fingerprint density at radius 3 is 2.41 bits per heavy atom. The second kappa shape index (κ2) is 10.6. The summed E-state index contributed by atoms with van der Waals surface area (Å²) in [5.41, 5.74) is 1.01. The molecule has 0 atom stereocenters. The number of hydrogen-bond donors (Lipinski definition) is 0. The molecule has 0 aliphatic heterocycles. The molecule has 0 aliphatic carbocycles. The Labute approximate surface area is 165 Å². The Hall–Kier alpha value is -2.53.